The number of hydrogen-bond acceptors (Lipinski definition) is 4. The van der Waals surface area contributed by atoms with Gasteiger partial charge in [-0.25, -0.2) is 4.79 Å². The average molecular weight is 234 g/mol. The molecule has 0 radical (unpaired) electrons. The van der Waals surface area contributed by atoms with E-state index in [1.54, 1.807) is 0 Å². The summed E-state index contributed by atoms with van der Waals surface area (Å²) in [5.74, 6) is -0.585. The van der Waals surface area contributed by atoms with Crippen LogP contribution in [0.4, 0.5) is 0 Å². The summed E-state index contributed by atoms with van der Waals surface area (Å²) in [4.78, 5) is 40.6. The highest BCUT2D eigenvalue weighted by molar-refractivity contribution is 5.85. The number of amides is 1. The summed E-state index contributed by atoms with van der Waals surface area (Å²) in [5.41, 5.74) is 4.69. The zero-order valence-electron chi connectivity index (χ0n) is 9.06. The largest absolute Gasteiger partial charge is 0.369 e. The SMILES string of the molecule is Cn1c(=O)[nH]c2ccnc(CC(N)=O)c2c1=O. The summed E-state index contributed by atoms with van der Waals surface area (Å²) in [6.45, 7) is 0. The molecule has 7 nitrogen and oxygen atoms in total. The Morgan fingerprint density at radius 1 is 1.53 bits per heavy atom. The van der Waals surface area contributed by atoms with Crippen molar-refractivity contribution in [2.75, 3.05) is 0 Å². The Kier molecular flexibility index (Phi) is 2.51. The van der Waals surface area contributed by atoms with Crippen molar-refractivity contribution in [3.05, 3.63) is 38.8 Å². The van der Waals surface area contributed by atoms with Crippen molar-refractivity contribution < 1.29 is 4.79 Å². The average Bonchev–Trinajstić information content (AvgIpc) is 2.25. The molecule has 88 valence electrons. The summed E-state index contributed by atoms with van der Waals surface area (Å²) < 4.78 is 0.925. The molecule has 0 fully saturated rings. The van der Waals surface area contributed by atoms with E-state index in [1.807, 2.05) is 0 Å². The van der Waals surface area contributed by atoms with Crippen LogP contribution >= 0.6 is 0 Å². The third-order valence-electron chi connectivity index (χ3n) is 2.44. The minimum atomic E-state index is -0.585. The molecule has 2 aromatic heterocycles. The Morgan fingerprint density at radius 2 is 2.24 bits per heavy atom. The van der Waals surface area contributed by atoms with Crippen molar-refractivity contribution >= 4 is 16.8 Å². The first-order chi connectivity index (χ1) is 8.00. The molecule has 2 rings (SSSR count). The molecule has 0 saturated carbocycles. The molecule has 0 aliphatic heterocycles. The number of carbonyl (C=O) groups is 1. The standard InChI is InChI=1S/C10H10N4O3/c1-14-9(16)8-5(13-10(14)17)2-3-12-6(8)4-7(11)15/h2-3H,4H2,1H3,(H2,11,15)(H,13,17). The molecule has 0 aliphatic rings. The monoisotopic (exact) mass is 234 g/mol. The molecule has 7 heteroatoms. The Labute approximate surface area is 94.9 Å². The molecule has 0 atom stereocenters. The molecule has 0 bridgehead atoms. The molecule has 0 spiro atoms. The number of aromatic nitrogens is 3. The predicted molar refractivity (Wildman–Crippen MR) is 60.5 cm³/mol. The topological polar surface area (TPSA) is 111 Å². The third kappa shape index (κ3) is 1.82. The van der Waals surface area contributed by atoms with Crippen LogP contribution in [0.5, 0.6) is 0 Å². The highest BCUT2D eigenvalue weighted by Gasteiger charge is 2.11. The van der Waals surface area contributed by atoms with Gasteiger partial charge in [0, 0.05) is 13.2 Å². The van der Waals surface area contributed by atoms with Crippen molar-refractivity contribution in [1.29, 1.82) is 0 Å². The summed E-state index contributed by atoms with van der Waals surface area (Å²) in [6.07, 6.45) is 1.27. The van der Waals surface area contributed by atoms with Crippen LogP contribution in [0.15, 0.2) is 21.9 Å². The Balaban J connectivity index is 2.89. The Morgan fingerprint density at radius 3 is 2.88 bits per heavy atom. The molecule has 0 saturated heterocycles. The number of nitrogens with two attached hydrogens (primary N) is 1. The van der Waals surface area contributed by atoms with Gasteiger partial charge >= 0.3 is 5.69 Å². The number of aromatic amines is 1. The van der Waals surface area contributed by atoms with E-state index in [4.69, 9.17) is 5.73 Å². The maximum Gasteiger partial charge on any atom is 0.328 e. The second-order valence-electron chi connectivity index (χ2n) is 3.62. The van der Waals surface area contributed by atoms with Gasteiger partial charge in [-0.3, -0.25) is 19.1 Å². The van der Waals surface area contributed by atoms with E-state index in [9.17, 15) is 14.4 Å². The lowest BCUT2D eigenvalue weighted by Gasteiger charge is -2.04. The number of rotatable bonds is 2. The number of fused-ring (bicyclic) bond motifs is 1. The van der Waals surface area contributed by atoms with E-state index in [2.05, 4.69) is 9.97 Å². The van der Waals surface area contributed by atoms with Crippen molar-refractivity contribution in [3.8, 4) is 0 Å². The van der Waals surface area contributed by atoms with E-state index < -0.39 is 17.2 Å². The maximum atomic E-state index is 11.9. The summed E-state index contributed by atoms with van der Waals surface area (Å²) >= 11 is 0. The van der Waals surface area contributed by atoms with E-state index in [-0.39, 0.29) is 17.5 Å². The first-order valence-electron chi connectivity index (χ1n) is 4.86. The molecule has 0 aromatic carbocycles. The van der Waals surface area contributed by atoms with E-state index in [0.29, 0.717) is 5.52 Å². The third-order valence-corrected chi connectivity index (χ3v) is 2.44. The fraction of sp³-hybridized carbons (Fsp3) is 0.200. The van der Waals surface area contributed by atoms with Gasteiger partial charge in [0.1, 0.15) is 0 Å². The van der Waals surface area contributed by atoms with Gasteiger partial charge in [0.15, 0.2) is 0 Å². The lowest BCUT2D eigenvalue weighted by molar-refractivity contribution is -0.117. The first-order valence-corrected chi connectivity index (χ1v) is 4.86. The van der Waals surface area contributed by atoms with Crippen molar-refractivity contribution in [2.24, 2.45) is 12.8 Å². The lowest BCUT2D eigenvalue weighted by atomic mass is 10.2. The van der Waals surface area contributed by atoms with Crippen LogP contribution in [0.2, 0.25) is 0 Å². The minimum Gasteiger partial charge on any atom is -0.369 e. The van der Waals surface area contributed by atoms with Crippen LogP contribution in [-0.2, 0) is 18.3 Å². The second-order valence-corrected chi connectivity index (χ2v) is 3.62. The number of nitrogens with one attached hydrogen (secondary N) is 1. The van der Waals surface area contributed by atoms with Crippen molar-refractivity contribution in [3.63, 3.8) is 0 Å². The molecular weight excluding hydrogens is 224 g/mol. The Hall–Kier alpha value is -2.44. The van der Waals surface area contributed by atoms with Gasteiger partial charge in [-0.2, -0.15) is 0 Å². The van der Waals surface area contributed by atoms with Gasteiger partial charge in [-0.05, 0) is 6.07 Å². The first kappa shape index (κ1) is 11.1. The van der Waals surface area contributed by atoms with Crippen LogP contribution in [0.1, 0.15) is 5.69 Å². The Bertz CT molecular complexity index is 714. The summed E-state index contributed by atoms with van der Waals surface area (Å²) in [6, 6.07) is 1.50. The highest BCUT2D eigenvalue weighted by Crippen LogP contribution is 2.08. The van der Waals surface area contributed by atoms with Gasteiger partial charge in [0.25, 0.3) is 5.56 Å². The van der Waals surface area contributed by atoms with Crippen molar-refractivity contribution in [1.82, 2.24) is 14.5 Å². The van der Waals surface area contributed by atoms with Gasteiger partial charge in [-0.1, -0.05) is 0 Å². The molecule has 2 aromatic rings. The van der Waals surface area contributed by atoms with Crippen LogP contribution in [0.25, 0.3) is 10.9 Å². The van der Waals surface area contributed by atoms with E-state index in [0.717, 1.165) is 4.57 Å². The number of carbonyl (C=O) groups excluding carboxylic acids is 1. The number of pyridine rings is 1. The second kappa shape index (κ2) is 3.85. The van der Waals surface area contributed by atoms with E-state index >= 15 is 0 Å². The van der Waals surface area contributed by atoms with Crippen molar-refractivity contribution in [2.45, 2.75) is 6.42 Å². The smallest absolute Gasteiger partial charge is 0.328 e. The minimum absolute atomic E-state index is 0.140. The van der Waals surface area contributed by atoms with Crippen LogP contribution in [-0.4, -0.2) is 20.4 Å². The fourth-order valence-corrected chi connectivity index (χ4v) is 1.61. The molecule has 1 amide bonds. The molecule has 3 N–H and O–H groups in total. The zero-order chi connectivity index (χ0) is 12.6. The maximum absolute atomic E-state index is 11.9. The quantitative estimate of drug-likeness (QED) is 0.669. The number of primary amides is 1. The van der Waals surface area contributed by atoms with Crippen LogP contribution in [0, 0.1) is 0 Å². The van der Waals surface area contributed by atoms with Crippen LogP contribution in [0.3, 0.4) is 0 Å². The number of H-pyrrole nitrogens is 1. The molecular formula is C10H10N4O3. The highest BCUT2D eigenvalue weighted by atomic mass is 16.2. The summed E-state index contributed by atoms with van der Waals surface area (Å²) in [5, 5.41) is 0.216. The number of nitrogens with zero attached hydrogens (tertiary/aromatic N) is 2. The fourth-order valence-electron chi connectivity index (χ4n) is 1.61. The molecule has 17 heavy (non-hydrogen) atoms. The molecule has 0 unspecified atom stereocenters. The normalized spacial score (nSPS) is 10.6. The van der Waals surface area contributed by atoms with E-state index in [1.165, 1.54) is 19.3 Å². The van der Waals surface area contributed by atoms with Gasteiger partial charge in [-0.15, -0.1) is 0 Å². The van der Waals surface area contributed by atoms with Gasteiger partial charge < -0.3 is 10.7 Å². The zero-order valence-corrected chi connectivity index (χ0v) is 9.06. The number of hydrogen-bond donors (Lipinski definition) is 2. The predicted octanol–water partition coefficient (Wildman–Crippen LogP) is -1.35. The molecule has 2 heterocycles. The lowest BCUT2D eigenvalue weighted by Crippen LogP contribution is -2.33. The molecule has 0 aliphatic carbocycles. The van der Waals surface area contributed by atoms with Gasteiger partial charge in [0.05, 0.1) is 23.0 Å². The van der Waals surface area contributed by atoms with Crippen LogP contribution < -0.4 is 17.0 Å². The summed E-state index contributed by atoms with van der Waals surface area (Å²) in [7, 11) is 1.35. The van der Waals surface area contributed by atoms with Gasteiger partial charge in [0.2, 0.25) is 5.91 Å².